The number of Topliss-reactive ketones (excluding diaryl/α,β-unsaturated/α-hetero) is 1. The van der Waals surface area contributed by atoms with Crippen molar-refractivity contribution in [2.75, 3.05) is 6.61 Å². The fraction of sp³-hybridized carbons (Fsp3) is 0.467. The monoisotopic (exact) mass is 246 g/mol. The predicted octanol–water partition coefficient (Wildman–Crippen LogP) is 2.70. The molecule has 3 nitrogen and oxygen atoms in total. The maximum absolute atomic E-state index is 11.9. The Bertz CT molecular complexity index is 444. The number of carbonyl (C=O) groups is 2. The summed E-state index contributed by atoms with van der Waals surface area (Å²) in [5.41, 5.74) is 0.301. The Balaban J connectivity index is 2.11. The third-order valence-corrected chi connectivity index (χ3v) is 3.80. The summed E-state index contributed by atoms with van der Waals surface area (Å²) in [5.74, 6) is -0.141. The maximum Gasteiger partial charge on any atom is 0.319 e. The Labute approximate surface area is 107 Å². The molecule has 0 saturated heterocycles. The molecule has 0 atom stereocenters. The Morgan fingerprint density at radius 3 is 2.39 bits per heavy atom. The van der Waals surface area contributed by atoms with Crippen molar-refractivity contribution in [3.8, 4) is 0 Å². The summed E-state index contributed by atoms with van der Waals surface area (Å²) < 4.78 is 5.03. The molecule has 1 aromatic rings. The topological polar surface area (TPSA) is 43.4 Å². The second-order valence-corrected chi connectivity index (χ2v) is 4.87. The molecule has 1 aromatic carbocycles. The van der Waals surface area contributed by atoms with E-state index in [-0.39, 0.29) is 11.8 Å². The number of carbonyl (C=O) groups excluding carboxylic acids is 2. The van der Waals surface area contributed by atoms with Crippen LogP contribution in [0.1, 0.15) is 38.2 Å². The van der Waals surface area contributed by atoms with Gasteiger partial charge < -0.3 is 4.74 Å². The number of ether oxygens (including phenoxy) is 1. The minimum absolute atomic E-state index is 0.0758. The molecule has 96 valence electrons. The van der Waals surface area contributed by atoms with E-state index in [0.717, 1.165) is 0 Å². The van der Waals surface area contributed by atoms with Gasteiger partial charge in [0, 0.05) is 0 Å². The largest absolute Gasteiger partial charge is 0.465 e. The Hall–Kier alpha value is -1.64. The highest BCUT2D eigenvalue weighted by Crippen LogP contribution is 2.52. The summed E-state index contributed by atoms with van der Waals surface area (Å²) >= 11 is 0. The van der Waals surface area contributed by atoms with Gasteiger partial charge in [-0.25, -0.2) is 0 Å². The predicted molar refractivity (Wildman–Crippen MR) is 68.2 cm³/mol. The summed E-state index contributed by atoms with van der Waals surface area (Å²) in [6, 6.07) is 10.0. The van der Waals surface area contributed by atoms with Crippen LogP contribution in [0.4, 0.5) is 0 Å². The van der Waals surface area contributed by atoms with Gasteiger partial charge in [-0.15, -0.1) is 0 Å². The van der Waals surface area contributed by atoms with Crippen LogP contribution in [0.15, 0.2) is 30.3 Å². The lowest BCUT2D eigenvalue weighted by Crippen LogP contribution is -2.49. The van der Waals surface area contributed by atoms with Crippen molar-refractivity contribution in [2.45, 2.75) is 32.6 Å². The van der Waals surface area contributed by atoms with Crippen molar-refractivity contribution in [1.29, 1.82) is 0 Å². The molecule has 0 aromatic heterocycles. The molecule has 1 saturated carbocycles. The van der Waals surface area contributed by atoms with Crippen LogP contribution in [0.25, 0.3) is 0 Å². The van der Waals surface area contributed by atoms with Crippen molar-refractivity contribution >= 4 is 11.8 Å². The summed E-state index contributed by atoms with van der Waals surface area (Å²) in [6.45, 7) is 3.57. The second-order valence-electron chi connectivity index (χ2n) is 4.87. The van der Waals surface area contributed by atoms with E-state index < -0.39 is 5.41 Å². The SMILES string of the molecule is CCOC(=O)C1(C(C)=O)CC(c2ccccc2)C1. The molecular weight excluding hydrogens is 228 g/mol. The molecule has 0 N–H and O–H groups in total. The zero-order chi connectivity index (χ0) is 13.2. The zero-order valence-corrected chi connectivity index (χ0v) is 10.8. The molecular formula is C15H18O3. The third kappa shape index (κ3) is 2.05. The van der Waals surface area contributed by atoms with E-state index >= 15 is 0 Å². The van der Waals surface area contributed by atoms with Gasteiger partial charge in [0.15, 0.2) is 0 Å². The number of esters is 1. The van der Waals surface area contributed by atoms with Crippen molar-refractivity contribution in [3.63, 3.8) is 0 Å². The first-order chi connectivity index (χ1) is 8.60. The molecule has 0 heterocycles. The van der Waals surface area contributed by atoms with Crippen LogP contribution in [0.2, 0.25) is 0 Å². The fourth-order valence-electron chi connectivity index (χ4n) is 2.61. The van der Waals surface area contributed by atoms with Gasteiger partial charge in [0.25, 0.3) is 0 Å². The first kappa shape index (κ1) is 12.8. The van der Waals surface area contributed by atoms with E-state index in [2.05, 4.69) is 0 Å². The number of hydrogen-bond donors (Lipinski definition) is 0. The average molecular weight is 246 g/mol. The third-order valence-electron chi connectivity index (χ3n) is 3.80. The molecule has 0 amide bonds. The molecule has 2 rings (SSSR count). The summed E-state index contributed by atoms with van der Waals surface area (Å²) in [7, 11) is 0. The Morgan fingerprint density at radius 2 is 1.89 bits per heavy atom. The highest BCUT2D eigenvalue weighted by Gasteiger charge is 2.55. The molecule has 0 bridgehead atoms. The minimum atomic E-state index is -0.892. The van der Waals surface area contributed by atoms with Crippen LogP contribution in [0, 0.1) is 5.41 Å². The quantitative estimate of drug-likeness (QED) is 0.606. The second kappa shape index (κ2) is 4.92. The van der Waals surface area contributed by atoms with Gasteiger partial charge in [-0.1, -0.05) is 30.3 Å². The van der Waals surface area contributed by atoms with Gasteiger partial charge in [0.2, 0.25) is 0 Å². The van der Waals surface area contributed by atoms with Crippen LogP contribution in [0.5, 0.6) is 0 Å². The van der Waals surface area contributed by atoms with E-state index in [1.807, 2.05) is 30.3 Å². The molecule has 3 heteroatoms. The van der Waals surface area contributed by atoms with Crippen LogP contribution in [-0.4, -0.2) is 18.4 Å². The highest BCUT2D eigenvalue weighted by molar-refractivity contribution is 6.04. The van der Waals surface area contributed by atoms with E-state index in [0.29, 0.717) is 25.4 Å². The fourth-order valence-corrected chi connectivity index (χ4v) is 2.61. The molecule has 0 aliphatic heterocycles. The van der Waals surface area contributed by atoms with Crippen molar-refractivity contribution in [3.05, 3.63) is 35.9 Å². The number of ketones is 1. The van der Waals surface area contributed by atoms with E-state index in [9.17, 15) is 9.59 Å². The lowest BCUT2D eigenvalue weighted by atomic mass is 9.58. The lowest BCUT2D eigenvalue weighted by molar-refractivity contribution is -0.166. The molecule has 18 heavy (non-hydrogen) atoms. The van der Waals surface area contributed by atoms with Gasteiger partial charge in [0.05, 0.1) is 6.61 Å². The van der Waals surface area contributed by atoms with Crippen molar-refractivity contribution in [1.82, 2.24) is 0 Å². The van der Waals surface area contributed by atoms with Crippen molar-refractivity contribution < 1.29 is 14.3 Å². The Kier molecular flexibility index (Phi) is 3.50. The molecule has 0 radical (unpaired) electrons. The first-order valence-corrected chi connectivity index (χ1v) is 6.33. The zero-order valence-electron chi connectivity index (χ0n) is 10.8. The van der Waals surface area contributed by atoms with E-state index in [1.165, 1.54) is 12.5 Å². The van der Waals surface area contributed by atoms with Crippen LogP contribution >= 0.6 is 0 Å². The normalized spacial score (nSPS) is 26.2. The number of hydrogen-bond acceptors (Lipinski definition) is 3. The van der Waals surface area contributed by atoms with Gasteiger partial charge in [-0.05, 0) is 38.2 Å². The molecule has 0 spiro atoms. The number of rotatable bonds is 4. The minimum Gasteiger partial charge on any atom is -0.465 e. The van der Waals surface area contributed by atoms with Gasteiger partial charge in [-0.2, -0.15) is 0 Å². The molecule has 0 unspecified atom stereocenters. The maximum atomic E-state index is 11.9. The molecule has 1 aliphatic rings. The van der Waals surface area contributed by atoms with Crippen LogP contribution in [0.3, 0.4) is 0 Å². The summed E-state index contributed by atoms with van der Waals surface area (Å²) in [5, 5.41) is 0. The molecule has 1 aliphatic carbocycles. The highest BCUT2D eigenvalue weighted by atomic mass is 16.5. The summed E-state index contributed by atoms with van der Waals surface area (Å²) in [6.07, 6.45) is 1.15. The van der Waals surface area contributed by atoms with Gasteiger partial charge in [-0.3, -0.25) is 9.59 Å². The van der Waals surface area contributed by atoms with E-state index in [4.69, 9.17) is 4.74 Å². The van der Waals surface area contributed by atoms with Crippen molar-refractivity contribution in [2.24, 2.45) is 5.41 Å². The standard InChI is InChI=1S/C15H18O3/c1-3-18-14(17)15(11(2)16)9-13(10-15)12-7-5-4-6-8-12/h4-8,13H,3,9-10H2,1-2H3. The smallest absolute Gasteiger partial charge is 0.319 e. The first-order valence-electron chi connectivity index (χ1n) is 6.33. The average Bonchev–Trinajstić information content (AvgIpc) is 2.29. The lowest BCUT2D eigenvalue weighted by Gasteiger charge is -2.43. The van der Waals surface area contributed by atoms with Crippen LogP contribution < -0.4 is 0 Å². The Morgan fingerprint density at radius 1 is 1.28 bits per heavy atom. The van der Waals surface area contributed by atoms with Crippen LogP contribution in [-0.2, 0) is 14.3 Å². The number of benzene rings is 1. The van der Waals surface area contributed by atoms with Gasteiger partial charge in [0.1, 0.15) is 11.2 Å². The van der Waals surface area contributed by atoms with Gasteiger partial charge >= 0.3 is 5.97 Å². The van der Waals surface area contributed by atoms with E-state index in [1.54, 1.807) is 6.92 Å². The molecule has 1 fully saturated rings. The summed E-state index contributed by atoms with van der Waals surface area (Å²) in [4.78, 5) is 23.7.